The highest BCUT2D eigenvalue weighted by Gasteiger charge is 2.18. The molecule has 0 atom stereocenters. The monoisotopic (exact) mass is 407 g/mol. The SMILES string of the molecule is O=C(Nc1cccnc1N1CCCCC1)c1ccccc1I. The Morgan fingerprint density at radius 3 is 2.64 bits per heavy atom. The van der Waals surface area contributed by atoms with Gasteiger partial charge >= 0.3 is 0 Å². The quantitative estimate of drug-likeness (QED) is 0.785. The number of aromatic nitrogens is 1. The van der Waals surface area contributed by atoms with Gasteiger partial charge in [0.1, 0.15) is 0 Å². The first-order chi connectivity index (χ1) is 10.8. The Morgan fingerprint density at radius 1 is 1.09 bits per heavy atom. The van der Waals surface area contributed by atoms with Crippen molar-refractivity contribution in [3.8, 4) is 0 Å². The molecule has 2 aromatic rings. The molecule has 22 heavy (non-hydrogen) atoms. The topological polar surface area (TPSA) is 45.2 Å². The molecule has 4 nitrogen and oxygen atoms in total. The van der Waals surface area contributed by atoms with Crippen molar-refractivity contribution in [2.45, 2.75) is 19.3 Å². The molecule has 0 aliphatic carbocycles. The summed E-state index contributed by atoms with van der Waals surface area (Å²) in [5.41, 5.74) is 1.48. The van der Waals surface area contributed by atoms with E-state index in [1.165, 1.54) is 19.3 Å². The Kier molecular flexibility index (Phi) is 4.92. The molecular weight excluding hydrogens is 389 g/mol. The maximum atomic E-state index is 12.5. The van der Waals surface area contributed by atoms with Gasteiger partial charge in [0, 0.05) is 22.9 Å². The maximum absolute atomic E-state index is 12.5. The molecular formula is C17H18IN3O. The first kappa shape index (κ1) is 15.3. The second kappa shape index (κ2) is 7.09. The normalized spacial score (nSPS) is 14.7. The number of hydrogen-bond acceptors (Lipinski definition) is 3. The van der Waals surface area contributed by atoms with Crippen molar-refractivity contribution < 1.29 is 4.79 Å². The van der Waals surface area contributed by atoms with Gasteiger partial charge in [-0.1, -0.05) is 12.1 Å². The van der Waals surface area contributed by atoms with E-state index >= 15 is 0 Å². The van der Waals surface area contributed by atoms with E-state index in [4.69, 9.17) is 0 Å². The van der Waals surface area contributed by atoms with Crippen molar-refractivity contribution in [2.24, 2.45) is 0 Å². The lowest BCUT2D eigenvalue weighted by molar-refractivity contribution is 0.102. The van der Waals surface area contributed by atoms with E-state index in [1.54, 1.807) is 6.20 Å². The largest absolute Gasteiger partial charge is 0.355 e. The van der Waals surface area contributed by atoms with Gasteiger partial charge in [-0.05, 0) is 66.1 Å². The zero-order valence-corrected chi connectivity index (χ0v) is 14.4. The van der Waals surface area contributed by atoms with Crippen LogP contribution in [-0.2, 0) is 0 Å². The summed E-state index contributed by atoms with van der Waals surface area (Å²) in [5.74, 6) is 0.790. The van der Waals surface area contributed by atoms with E-state index in [1.807, 2.05) is 36.4 Å². The van der Waals surface area contributed by atoms with Crippen molar-refractivity contribution in [3.63, 3.8) is 0 Å². The predicted molar refractivity (Wildman–Crippen MR) is 97.4 cm³/mol. The average Bonchev–Trinajstić information content (AvgIpc) is 2.56. The molecule has 0 unspecified atom stereocenters. The van der Waals surface area contributed by atoms with Crippen molar-refractivity contribution in [1.29, 1.82) is 0 Å². The fourth-order valence-corrected chi connectivity index (χ4v) is 3.32. The molecule has 1 N–H and O–H groups in total. The van der Waals surface area contributed by atoms with Gasteiger partial charge in [-0.25, -0.2) is 4.98 Å². The van der Waals surface area contributed by atoms with Crippen molar-refractivity contribution >= 4 is 40.0 Å². The molecule has 1 aromatic heterocycles. The Labute approximate surface area is 144 Å². The Morgan fingerprint density at radius 2 is 1.86 bits per heavy atom. The van der Waals surface area contributed by atoms with Crippen LogP contribution in [0.3, 0.4) is 0 Å². The number of nitrogens with zero attached hydrogens (tertiary/aromatic N) is 2. The van der Waals surface area contributed by atoms with Gasteiger partial charge in [0.15, 0.2) is 5.82 Å². The molecule has 1 aromatic carbocycles. The third kappa shape index (κ3) is 3.40. The first-order valence-corrected chi connectivity index (χ1v) is 8.59. The molecule has 2 heterocycles. The second-order valence-corrected chi connectivity index (χ2v) is 6.52. The molecule has 3 rings (SSSR count). The summed E-state index contributed by atoms with van der Waals surface area (Å²) >= 11 is 2.18. The fraction of sp³-hybridized carbons (Fsp3) is 0.294. The Balaban J connectivity index is 1.83. The number of amides is 1. The lowest BCUT2D eigenvalue weighted by Crippen LogP contribution is -2.31. The lowest BCUT2D eigenvalue weighted by atomic mass is 10.1. The van der Waals surface area contributed by atoms with Gasteiger partial charge in [-0.3, -0.25) is 4.79 Å². The number of piperidine rings is 1. The zero-order valence-electron chi connectivity index (χ0n) is 12.3. The summed E-state index contributed by atoms with van der Waals surface area (Å²) in [7, 11) is 0. The maximum Gasteiger partial charge on any atom is 0.256 e. The third-order valence-electron chi connectivity index (χ3n) is 3.81. The van der Waals surface area contributed by atoms with Gasteiger partial charge in [-0.2, -0.15) is 0 Å². The van der Waals surface area contributed by atoms with Crippen LogP contribution in [-0.4, -0.2) is 24.0 Å². The van der Waals surface area contributed by atoms with E-state index in [0.29, 0.717) is 5.56 Å². The molecule has 1 aliphatic heterocycles. The van der Waals surface area contributed by atoms with Crippen LogP contribution < -0.4 is 10.2 Å². The number of anilines is 2. The number of carbonyl (C=O) groups is 1. The van der Waals surface area contributed by atoms with Gasteiger partial charge in [0.2, 0.25) is 0 Å². The minimum absolute atomic E-state index is 0.0868. The number of carbonyl (C=O) groups excluding carboxylic acids is 1. The highest BCUT2D eigenvalue weighted by Crippen LogP contribution is 2.26. The average molecular weight is 407 g/mol. The Bertz CT molecular complexity index is 668. The molecule has 0 saturated carbocycles. The second-order valence-electron chi connectivity index (χ2n) is 5.36. The van der Waals surface area contributed by atoms with Crippen molar-refractivity contribution in [2.75, 3.05) is 23.3 Å². The number of pyridine rings is 1. The number of benzene rings is 1. The van der Waals surface area contributed by atoms with Crippen LogP contribution in [0, 0.1) is 3.57 Å². The summed E-state index contributed by atoms with van der Waals surface area (Å²) in [4.78, 5) is 19.2. The molecule has 5 heteroatoms. The van der Waals surface area contributed by atoms with Crippen molar-refractivity contribution in [3.05, 3.63) is 51.7 Å². The number of nitrogens with one attached hydrogen (secondary N) is 1. The van der Waals surface area contributed by atoms with Crippen LogP contribution in [0.5, 0.6) is 0 Å². The Hall–Kier alpha value is -1.63. The van der Waals surface area contributed by atoms with E-state index in [9.17, 15) is 4.79 Å². The van der Waals surface area contributed by atoms with Gasteiger partial charge in [0.25, 0.3) is 5.91 Å². The van der Waals surface area contributed by atoms with Crippen LogP contribution in [0.15, 0.2) is 42.6 Å². The summed E-state index contributed by atoms with van der Waals surface area (Å²) in [5, 5.41) is 3.02. The molecule has 1 saturated heterocycles. The fourth-order valence-electron chi connectivity index (χ4n) is 2.69. The summed E-state index contributed by atoms with van der Waals surface area (Å²) in [6, 6.07) is 11.4. The standard InChI is InChI=1S/C17H18IN3O/c18-14-8-3-2-7-13(14)17(22)20-15-9-6-10-19-16(15)21-11-4-1-5-12-21/h2-3,6-10H,1,4-5,11-12H2,(H,20,22). The molecule has 0 radical (unpaired) electrons. The molecule has 1 aliphatic rings. The van der Waals surface area contributed by atoms with Gasteiger partial charge in [0.05, 0.1) is 11.3 Å². The summed E-state index contributed by atoms with van der Waals surface area (Å²) in [6.07, 6.45) is 5.42. The van der Waals surface area contributed by atoms with Crippen LogP contribution in [0.4, 0.5) is 11.5 Å². The zero-order chi connectivity index (χ0) is 15.4. The minimum Gasteiger partial charge on any atom is -0.355 e. The summed E-state index contributed by atoms with van der Waals surface area (Å²) in [6.45, 7) is 2.01. The highest BCUT2D eigenvalue weighted by molar-refractivity contribution is 14.1. The van der Waals surface area contributed by atoms with Gasteiger partial charge in [-0.15, -0.1) is 0 Å². The molecule has 1 amide bonds. The predicted octanol–water partition coefficient (Wildman–Crippen LogP) is 3.93. The first-order valence-electron chi connectivity index (χ1n) is 7.51. The lowest BCUT2D eigenvalue weighted by Gasteiger charge is -2.29. The summed E-state index contributed by atoms with van der Waals surface area (Å²) < 4.78 is 0.945. The highest BCUT2D eigenvalue weighted by atomic mass is 127. The number of halogens is 1. The van der Waals surface area contributed by atoms with E-state index in [-0.39, 0.29) is 5.91 Å². The van der Waals surface area contributed by atoms with E-state index in [0.717, 1.165) is 28.2 Å². The van der Waals surface area contributed by atoms with Gasteiger partial charge < -0.3 is 10.2 Å². The molecule has 0 bridgehead atoms. The van der Waals surface area contributed by atoms with Crippen LogP contribution in [0.2, 0.25) is 0 Å². The number of rotatable bonds is 3. The smallest absolute Gasteiger partial charge is 0.256 e. The molecule has 1 fully saturated rings. The van der Waals surface area contributed by atoms with E-state index < -0.39 is 0 Å². The van der Waals surface area contributed by atoms with Crippen LogP contribution in [0.1, 0.15) is 29.6 Å². The minimum atomic E-state index is -0.0868. The van der Waals surface area contributed by atoms with Crippen molar-refractivity contribution in [1.82, 2.24) is 4.98 Å². The molecule has 0 spiro atoms. The van der Waals surface area contributed by atoms with Crippen LogP contribution in [0.25, 0.3) is 0 Å². The number of hydrogen-bond donors (Lipinski definition) is 1. The van der Waals surface area contributed by atoms with E-state index in [2.05, 4.69) is 37.8 Å². The van der Waals surface area contributed by atoms with Crippen LogP contribution >= 0.6 is 22.6 Å². The molecule has 114 valence electrons. The third-order valence-corrected chi connectivity index (χ3v) is 4.75.